The van der Waals surface area contributed by atoms with Crippen molar-refractivity contribution < 1.29 is 9.57 Å². The van der Waals surface area contributed by atoms with Crippen molar-refractivity contribution in [3.05, 3.63) is 24.3 Å². The SMILES string of the molecule is NC(=NOCCOC1CCCCCC1)c1cnccn1. The Hall–Kier alpha value is -1.69. The molecule has 0 aliphatic heterocycles. The van der Waals surface area contributed by atoms with Crippen LogP contribution in [0.3, 0.4) is 0 Å². The van der Waals surface area contributed by atoms with Gasteiger partial charge in [0.15, 0.2) is 5.84 Å². The highest BCUT2D eigenvalue weighted by molar-refractivity contribution is 5.94. The fraction of sp³-hybridized carbons (Fsp3) is 0.643. The number of nitrogens with zero attached hydrogens (tertiary/aromatic N) is 3. The predicted molar refractivity (Wildman–Crippen MR) is 76.2 cm³/mol. The Bertz CT molecular complexity index is 403. The largest absolute Gasteiger partial charge is 0.392 e. The average molecular weight is 278 g/mol. The van der Waals surface area contributed by atoms with Gasteiger partial charge < -0.3 is 15.3 Å². The van der Waals surface area contributed by atoms with E-state index < -0.39 is 0 Å². The Morgan fingerprint density at radius 3 is 2.70 bits per heavy atom. The third-order valence-corrected chi connectivity index (χ3v) is 3.32. The molecule has 2 N–H and O–H groups in total. The van der Waals surface area contributed by atoms with Gasteiger partial charge in [0.2, 0.25) is 0 Å². The number of oxime groups is 1. The highest BCUT2D eigenvalue weighted by atomic mass is 16.6. The lowest BCUT2D eigenvalue weighted by Crippen LogP contribution is -2.18. The van der Waals surface area contributed by atoms with Crippen molar-refractivity contribution in [2.75, 3.05) is 13.2 Å². The molecule has 0 spiro atoms. The average Bonchev–Trinajstić information content (AvgIpc) is 2.76. The van der Waals surface area contributed by atoms with Crippen LogP contribution in [0, 0.1) is 0 Å². The first-order valence-corrected chi connectivity index (χ1v) is 7.19. The predicted octanol–water partition coefficient (Wildman–Crippen LogP) is 1.85. The summed E-state index contributed by atoms with van der Waals surface area (Å²) in [4.78, 5) is 13.1. The Kier molecular flexibility index (Phi) is 6.23. The molecule has 1 heterocycles. The lowest BCUT2D eigenvalue weighted by Gasteiger charge is -2.14. The van der Waals surface area contributed by atoms with Gasteiger partial charge in [0.05, 0.1) is 18.9 Å². The molecule has 0 amide bonds. The van der Waals surface area contributed by atoms with E-state index in [4.69, 9.17) is 15.3 Å². The summed E-state index contributed by atoms with van der Waals surface area (Å²) in [6.07, 6.45) is 12.6. The van der Waals surface area contributed by atoms with E-state index in [1.165, 1.54) is 25.7 Å². The second-order valence-electron chi connectivity index (χ2n) is 4.88. The van der Waals surface area contributed by atoms with Gasteiger partial charge in [-0.15, -0.1) is 0 Å². The number of aromatic nitrogens is 2. The van der Waals surface area contributed by atoms with E-state index in [0.717, 1.165) is 12.8 Å². The molecule has 6 heteroatoms. The van der Waals surface area contributed by atoms with Crippen LogP contribution in [-0.4, -0.2) is 35.1 Å². The molecular weight excluding hydrogens is 256 g/mol. The molecule has 110 valence electrons. The second-order valence-corrected chi connectivity index (χ2v) is 4.88. The van der Waals surface area contributed by atoms with E-state index in [0.29, 0.717) is 25.0 Å². The van der Waals surface area contributed by atoms with Gasteiger partial charge >= 0.3 is 0 Å². The molecule has 0 radical (unpaired) electrons. The molecule has 0 aromatic carbocycles. The van der Waals surface area contributed by atoms with E-state index in [2.05, 4.69) is 15.1 Å². The molecular formula is C14H22N4O2. The minimum Gasteiger partial charge on any atom is -0.392 e. The monoisotopic (exact) mass is 278 g/mol. The summed E-state index contributed by atoms with van der Waals surface area (Å²) >= 11 is 0. The molecule has 1 aliphatic rings. The molecule has 1 aromatic rings. The smallest absolute Gasteiger partial charge is 0.190 e. The molecule has 0 saturated heterocycles. The Labute approximate surface area is 119 Å². The molecule has 1 aliphatic carbocycles. The van der Waals surface area contributed by atoms with E-state index in [1.54, 1.807) is 18.6 Å². The van der Waals surface area contributed by atoms with E-state index in [-0.39, 0.29) is 5.84 Å². The van der Waals surface area contributed by atoms with Crippen molar-refractivity contribution in [3.63, 3.8) is 0 Å². The van der Waals surface area contributed by atoms with Gasteiger partial charge in [-0.3, -0.25) is 4.98 Å². The van der Waals surface area contributed by atoms with Gasteiger partial charge in [0.1, 0.15) is 12.3 Å². The molecule has 1 aromatic heterocycles. The minimum atomic E-state index is 0.229. The van der Waals surface area contributed by atoms with Gasteiger partial charge in [-0.05, 0) is 12.8 Å². The third kappa shape index (κ3) is 5.13. The van der Waals surface area contributed by atoms with Crippen LogP contribution < -0.4 is 5.73 Å². The van der Waals surface area contributed by atoms with Crippen LogP contribution in [0.1, 0.15) is 44.2 Å². The first kappa shape index (κ1) is 14.7. The van der Waals surface area contributed by atoms with Crippen LogP contribution >= 0.6 is 0 Å². The van der Waals surface area contributed by atoms with E-state index >= 15 is 0 Å². The maximum Gasteiger partial charge on any atom is 0.190 e. The van der Waals surface area contributed by atoms with Gasteiger partial charge in [-0.25, -0.2) is 4.98 Å². The Morgan fingerprint density at radius 1 is 1.20 bits per heavy atom. The zero-order valence-corrected chi connectivity index (χ0v) is 11.7. The summed E-state index contributed by atoms with van der Waals surface area (Å²) in [6.45, 7) is 0.944. The molecule has 0 atom stereocenters. The topological polar surface area (TPSA) is 82.6 Å². The van der Waals surface area contributed by atoms with Crippen LogP contribution in [0.4, 0.5) is 0 Å². The first-order chi connectivity index (χ1) is 9.86. The van der Waals surface area contributed by atoms with Crippen LogP contribution in [0.2, 0.25) is 0 Å². The maximum absolute atomic E-state index is 5.79. The molecule has 2 rings (SSSR count). The van der Waals surface area contributed by atoms with Crippen molar-refractivity contribution in [1.29, 1.82) is 0 Å². The van der Waals surface area contributed by atoms with Gasteiger partial charge in [-0.1, -0.05) is 30.8 Å². The summed E-state index contributed by atoms with van der Waals surface area (Å²) in [5.74, 6) is 0.229. The second kappa shape index (κ2) is 8.47. The zero-order valence-electron chi connectivity index (χ0n) is 11.7. The maximum atomic E-state index is 5.79. The fourth-order valence-corrected chi connectivity index (χ4v) is 2.25. The normalized spacial score (nSPS) is 17.7. The lowest BCUT2D eigenvalue weighted by molar-refractivity contribution is 0.000108. The standard InChI is InChI=1S/C14H22N4O2/c15-14(13-11-16-7-8-17-13)18-20-10-9-19-12-5-3-1-2-4-6-12/h7-8,11-12H,1-6,9-10H2,(H2,15,18). The summed E-state index contributed by atoms with van der Waals surface area (Å²) < 4.78 is 5.79. The van der Waals surface area contributed by atoms with Crippen LogP contribution in [0.25, 0.3) is 0 Å². The molecule has 1 fully saturated rings. The number of rotatable bonds is 6. The van der Waals surface area contributed by atoms with Gasteiger partial charge in [-0.2, -0.15) is 0 Å². The number of hydrogen-bond donors (Lipinski definition) is 1. The number of hydrogen-bond acceptors (Lipinski definition) is 5. The highest BCUT2D eigenvalue weighted by Gasteiger charge is 2.12. The van der Waals surface area contributed by atoms with Crippen LogP contribution in [-0.2, 0) is 9.57 Å². The van der Waals surface area contributed by atoms with Crippen molar-refractivity contribution in [1.82, 2.24) is 9.97 Å². The summed E-state index contributed by atoms with van der Waals surface area (Å²) in [5, 5.41) is 3.81. The molecule has 6 nitrogen and oxygen atoms in total. The van der Waals surface area contributed by atoms with Gasteiger partial charge in [0, 0.05) is 12.4 Å². The lowest BCUT2D eigenvalue weighted by atomic mass is 10.1. The molecule has 0 bridgehead atoms. The van der Waals surface area contributed by atoms with E-state index in [9.17, 15) is 0 Å². The summed E-state index contributed by atoms with van der Waals surface area (Å²) in [6, 6.07) is 0. The van der Waals surface area contributed by atoms with Gasteiger partial charge in [0.25, 0.3) is 0 Å². The highest BCUT2D eigenvalue weighted by Crippen LogP contribution is 2.19. The molecule has 1 saturated carbocycles. The summed E-state index contributed by atoms with van der Waals surface area (Å²) in [7, 11) is 0. The van der Waals surface area contributed by atoms with Crippen molar-refractivity contribution >= 4 is 5.84 Å². The molecule has 0 unspecified atom stereocenters. The number of amidine groups is 1. The number of nitrogens with two attached hydrogens (primary N) is 1. The quantitative estimate of drug-likeness (QED) is 0.282. The first-order valence-electron chi connectivity index (χ1n) is 7.19. The zero-order chi connectivity index (χ0) is 14.0. The minimum absolute atomic E-state index is 0.229. The van der Waals surface area contributed by atoms with E-state index in [1.807, 2.05) is 0 Å². The molecule has 20 heavy (non-hydrogen) atoms. The van der Waals surface area contributed by atoms with Crippen molar-refractivity contribution in [2.45, 2.75) is 44.6 Å². The van der Waals surface area contributed by atoms with Crippen LogP contribution in [0.5, 0.6) is 0 Å². The van der Waals surface area contributed by atoms with Crippen LogP contribution in [0.15, 0.2) is 23.7 Å². The van der Waals surface area contributed by atoms with Crippen molar-refractivity contribution in [3.8, 4) is 0 Å². The fourth-order valence-electron chi connectivity index (χ4n) is 2.25. The number of ether oxygens (including phenoxy) is 1. The Morgan fingerprint density at radius 2 is 2.00 bits per heavy atom. The summed E-state index contributed by atoms with van der Waals surface area (Å²) in [5.41, 5.74) is 6.23. The Balaban J connectivity index is 1.63. The van der Waals surface area contributed by atoms with Crippen molar-refractivity contribution in [2.24, 2.45) is 10.9 Å². The third-order valence-electron chi connectivity index (χ3n) is 3.32.